The van der Waals surface area contributed by atoms with Crippen LogP contribution in [0.5, 0.6) is 0 Å². The number of carbonyl (C=O) groups excluding carboxylic acids is 2. The van der Waals surface area contributed by atoms with Crippen LogP contribution in [-0.2, 0) is 4.79 Å². The predicted molar refractivity (Wildman–Crippen MR) is 62.2 cm³/mol. The molecule has 1 fully saturated rings. The minimum atomic E-state index is -0.267. The van der Waals surface area contributed by atoms with Gasteiger partial charge in [-0.15, -0.1) is 11.3 Å². The van der Waals surface area contributed by atoms with E-state index < -0.39 is 0 Å². The highest BCUT2D eigenvalue weighted by atomic mass is 32.1. The molecule has 0 saturated carbocycles. The van der Waals surface area contributed by atoms with Crippen molar-refractivity contribution in [3.05, 3.63) is 22.4 Å². The molecule has 2 heterocycles. The van der Waals surface area contributed by atoms with E-state index in [1.807, 2.05) is 17.5 Å². The molecule has 1 aliphatic rings. The van der Waals surface area contributed by atoms with Gasteiger partial charge in [-0.1, -0.05) is 19.4 Å². The zero-order chi connectivity index (χ0) is 11.5. The second-order valence-corrected chi connectivity index (χ2v) is 4.78. The number of amides is 3. The smallest absolute Gasteiger partial charge is 0.307 e. The molecule has 1 unspecified atom stereocenters. The van der Waals surface area contributed by atoms with Crippen molar-refractivity contribution in [1.82, 2.24) is 10.2 Å². The summed E-state index contributed by atoms with van der Waals surface area (Å²) in [4.78, 5) is 25.5. The minimum Gasteiger partial charge on any atom is -0.307 e. The maximum atomic E-state index is 11.6. The summed E-state index contributed by atoms with van der Waals surface area (Å²) in [6, 6.07) is 3.76. The Morgan fingerprint density at radius 1 is 1.56 bits per heavy atom. The number of nitrogens with zero attached hydrogens (tertiary/aromatic N) is 1. The average molecular weight is 238 g/mol. The Balaban J connectivity index is 2.20. The van der Waals surface area contributed by atoms with Gasteiger partial charge in [0.25, 0.3) is 0 Å². The van der Waals surface area contributed by atoms with E-state index in [4.69, 9.17) is 0 Å². The molecule has 1 aromatic rings. The van der Waals surface area contributed by atoms with Gasteiger partial charge in [-0.05, 0) is 17.9 Å². The number of carbonyl (C=O) groups is 2. The Morgan fingerprint density at radius 2 is 2.38 bits per heavy atom. The molecule has 3 amide bonds. The van der Waals surface area contributed by atoms with Crippen LogP contribution in [0.25, 0.3) is 0 Å². The first-order chi connectivity index (χ1) is 7.72. The van der Waals surface area contributed by atoms with Crippen molar-refractivity contribution in [3.8, 4) is 0 Å². The Bertz CT molecular complexity index is 389. The lowest BCUT2D eigenvalue weighted by Gasteiger charge is -2.24. The summed E-state index contributed by atoms with van der Waals surface area (Å²) in [5.74, 6) is -0.206. The lowest BCUT2D eigenvalue weighted by Crippen LogP contribution is -2.31. The normalized spacial score (nSPS) is 17.7. The summed E-state index contributed by atoms with van der Waals surface area (Å²) in [6.07, 6.45) is 1.88. The van der Waals surface area contributed by atoms with Crippen LogP contribution < -0.4 is 5.32 Å². The van der Waals surface area contributed by atoms with Gasteiger partial charge in [0.05, 0.1) is 6.04 Å². The third-order valence-electron chi connectivity index (χ3n) is 2.63. The molecule has 1 N–H and O–H groups in total. The summed E-state index contributed by atoms with van der Waals surface area (Å²) in [5.41, 5.74) is 0. The monoisotopic (exact) mass is 238 g/mol. The van der Waals surface area contributed by atoms with Gasteiger partial charge in [0.15, 0.2) is 0 Å². The zero-order valence-electron chi connectivity index (χ0n) is 9.10. The number of rotatable bonds is 4. The van der Waals surface area contributed by atoms with Gasteiger partial charge >= 0.3 is 6.03 Å². The SMILES string of the molecule is CCCC(c1cccs1)N1CC(=O)NC1=O. The van der Waals surface area contributed by atoms with Gasteiger partial charge in [0.1, 0.15) is 6.54 Å². The lowest BCUT2D eigenvalue weighted by molar-refractivity contribution is -0.118. The summed E-state index contributed by atoms with van der Waals surface area (Å²) in [5, 5.41) is 4.31. The van der Waals surface area contributed by atoms with Crippen LogP contribution >= 0.6 is 11.3 Å². The van der Waals surface area contributed by atoms with Crippen LogP contribution in [0.2, 0.25) is 0 Å². The third kappa shape index (κ3) is 2.09. The first kappa shape index (κ1) is 11.1. The number of thiophene rings is 1. The van der Waals surface area contributed by atoms with Gasteiger partial charge in [0.2, 0.25) is 5.91 Å². The number of nitrogens with one attached hydrogen (secondary N) is 1. The molecule has 5 heteroatoms. The molecule has 0 aliphatic carbocycles. The Labute approximate surface area is 98.3 Å². The Kier molecular flexibility index (Phi) is 3.24. The van der Waals surface area contributed by atoms with E-state index in [0.29, 0.717) is 0 Å². The largest absolute Gasteiger partial charge is 0.325 e. The molecule has 1 atom stereocenters. The van der Waals surface area contributed by atoms with Crippen molar-refractivity contribution in [2.75, 3.05) is 6.54 Å². The quantitative estimate of drug-likeness (QED) is 0.817. The predicted octanol–water partition coefficient (Wildman–Crippen LogP) is 2.14. The molecule has 2 rings (SSSR count). The third-order valence-corrected chi connectivity index (χ3v) is 3.60. The molecule has 1 aliphatic heterocycles. The minimum absolute atomic E-state index is 0.0384. The van der Waals surface area contributed by atoms with Crippen LogP contribution in [-0.4, -0.2) is 23.4 Å². The summed E-state index contributed by atoms with van der Waals surface area (Å²) < 4.78 is 0. The van der Waals surface area contributed by atoms with Crippen molar-refractivity contribution >= 4 is 23.3 Å². The molecular formula is C11H14N2O2S. The van der Waals surface area contributed by atoms with Gasteiger partial charge in [0, 0.05) is 4.88 Å². The van der Waals surface area contributed by atoms with Gasteiger partial charge in [-0.3, -0.25) is 10.1 Å². The van der Waals surface area contributed by atoms with Gasteiger partial charge in [-0.25, -0.2) is 4.79 Å². The molecular weight excluding hydrogens is 224 g/mol. The Hall–Kier alpha value is -1.36. The van der Waals surface area contributed by atoms with Crippen LogP contribution in [0.15, 0.2) is 17.5 Å². The van der Waals surface area contributed by atoms with E-state index in [0.717, 1.165) is 17.7 Å². The number of imide groups is 1. The summed E-state index contributed by atoms with van der Waals surface area (Å²) >= 11 is 1.63. The van der Waals surface area contributed by atoms with Crippen molar-refractivity contribution in [3.63, 3.8) is 0 Å². The zero-order valence-corrected chi connectivity index (χ0v) is 9.92. The lowest BCUT2D eigenvalue weighted by atomic mass is 10.1. The molecule has 1 aromatic heterocycles. The molecule has 16 heavy (non-hydrogen) atoms. The summed E-state index contributed by atoms with van der Waals surface area (Å²) in [6.45, 7) is 2.26. The molecule has 0 spiro atoms. The van der Waals surface area contributed by atoms with Gasteiger partial charge in [-0.2, -0.15) is 0 Å². The fourth-order valence-corrected chi connectivity index (χ4v) is 2.79. The van der Waals surface area contributed by atoms with Crippen molar-refractivity contribution in [1.29, 1.82) is 0 Å². The maximum Gasteiger partial charge on any atom is 0.325 e. The number of hydrogen-bond donors (Lipinski definition) is 1. The fourth-order valence-electron chi connectivity index (χ4n) is 1.91. The highest BCUT2D eigenvalue weighted by Crippen LogP contribution is 2.30. The standard InChI is InChI=1S/C11H14N2O2S/c1-2-4-8(9-5-3-6-16-9)13-7-10(14)12-11(13)15/h3,5-6,8H,2,4,7H2,1H3,(H,12,14,15). The van der Waals surface area contributed by atoms with E-state index in [1.54, 1.807) is 16.2 Å². The van der Waals surface area contributed by atoms with Crippen LogP contribution in [0.1, 0.15) is 30.7 Å². The van der Waals surface area contributed by atoms with Crippen molar-refractivity contribution in [2.24, 2.45) is 0 Å². The van der Waals surface area contributed by atoms with Crippen molar-refractivity contribution in [2.45, 2.75) is 25.8 Å². The number of urea groups is 1. The topological polar surface area (TPSA) is 49.4 Å². The van der Waals surface area contributed by atoms with Crippen LogP contribution in [0, 0.1) is 0 Å². The highest BCUT2D eigenvalue weighted by molar-refractivity contribution is 7.10. The molecule has 4 nitrogen and oxygen atoms in total. The number of hydrogen-bond acceptors (Lipinski definition) is 3. The average Bonchev–Trinajstić information content (AvgIpc) is 2.85. The summed E-state index contributed by atoms with van der Waals surface area (Å²) in [7, 11) is 0. The fraction of sp³-hybridized carbons (Fsp3) is 0.455. The molecule has 0 radical (unpaired) electrons. The molecule has 1 saturated heterocycles. The second-order valence-electron chi connectivity index (χ2n) is 3.80. The van der Waals surface area contributed by atoms with Crippen LogP contribution in [0.3, 0.4) is 0 Å². The van der Waals surface area contributed by atoms with E-state index >= 15 is 0 Å². The van der Waals surface area contributed by atoms with Crippen LogP contribution in [0.4, 0.5) is 4.79 Å². The van der Waals surface area contributed by atoms with Gasteiger partial charge < -0.3 is 4.90 Å². The molecule has 0 aromatic carbocycles. The Morgan fingerprint density at radius 3 is 2.88 bits per heavy atom. The van der Waals surface area contributed by atoms with E-state index in [9.17, 15) is 9.59 Å². The van der Waals surface area contributed by atoms with E-state index in [-0.39, 0.29) is 24.5 Å². The van der Waals surface area contributed by atoms with E-state index in [1.165, 1.54) is 0 Å². The van der Waals surface area contributed by atoms with E-state index in [2.05, 4.69) is 12.2 Å². The molecule has 86 valence electrons. The highest BCUT2D eigenvalue weighted by Gasteiger charge is 2.33. The van der Waals surface area contributed by atoms with Crippen molar-refractivity contribution < 1.29 is 9.59 Å². The molecule has 0 bridgehead atoms. The first-order valence-corrected chi connectivity index (χ1v) is 6.24. The first-order valence-electron chi connectivity index (χ1n) is 5.36. The maximum absolute atomic E-state index is 11.6. The second kappa shape index (κ2) is 4.65.